The predicted octanol–water partition coefficient (Wildman–Crippen LogP) is 3.98. The zero-order chi connectivity index (χ0) is 24.4. The zero-order valence-electron chi connectivity index (χ0n) is 19.7. The summed E-state index contributed by atoms with van der Waals surface area (Å²) >= 11 is 0. The van der Waals surface area contributed by atoms with Crippen LogP contribution in [-0.2, 0) is 4.79 Å². The normalized spacial score (nSPS) is 16.1. The van der Waals surface area contributed by atoms with E-state index in [1.54, 1.807) is 49.6 Å². The van der Waals surface area contributed by atoms with Crippen molar-refractivity contribution in [1.82, 2.24) is 9.80 Å². The van der Waals surface area contributed by atoms with Crippen LogP contribution < -0.4 is 9.47 Å². The van der Waals surface area contributed by atoms with Crippen LogP contribution in [0.15, 0.2) is 64.3 Å². The number of carbonyl (C=O) groups is 2. The second kappa shape index (κ2) is 9.61. The van der Waals surface area contributed by atoms with Crippen molar-refractivity contribution in [3.63, 3.8) is 0 Å². The second-order valence-corrected chi connectivity index (χ2v) is 8.42. The van der Waals surface area contributed by atoms with E-state index in [0.29, 0.717) is 41.0 Å². The molecule has 1 N–H and O–H groups in total. The highest BCUT2D eigenvalue weighted by Crippen LogP contribution is 2.41. The highest BCUT2D eigenvalue weighted by molar-refractivity contribution is 6.16. The maximum atomic E-state index is 13.7. The minimum Gasteiger partial charge on any atom is -0.503 e. The number of ether oxygens (including phenoxy) is 2. The van der Waals surface area contributed by atoms with Crippen LogP contribution in [0.3, 0.4) is 0 Å². The molecule has 0 bridgehead atoms. The molecule has 178 valence electrons. The fourth-order valence-corrected chi connectivity index (χ4v) is 4.27. The molecule has 0 fully saturated rings. The molecule has 3 aromatic rings. The summed E-state index contributed by atoms with van der Waals surface area (Å²) in [5.74, 6) is -0.584. The van der Waals surface area contributed by atoms with Crippen LogP contribution in [0.5, 0.6) is 11.5 Å². The number of amides is 1. The summed E-state index contributed by atoms with van der Waals surface area (Å²) in [6.07, 6.45) is 0.676. The Balaban J connectivity index is 1.78. The number of nitrogens with zero attached hydrogens (tertiary/aromatic N) is 2. The Morgan fingerprint density at radius 1 is 1.12 bits per heavy atom. The van der Waals surface area contributed by atoms with E-state index < -0.39 is 23.5 Å². The van der Waals surface area contributed by atoms with Gasteiger partial charge in [0.2, 0.25) is 5.78 Å². The van der Waals surface area contributed by atoms with Gasteiger partial charge in [-0.05, 0) is 56.9 Å². The number of furan rings is 1. The fourth-order valence-electron chi connectivity index (χ4n) is 4.27. The number of fused-ring (bicyclic) bond motifs is 1. The molecule has 2 aromatic carbocycles. The summed E-state index contributed by atoms with van der Waals surface area (Å²) in [4.78, 5) is 30.3. The molecular weight excluding hydrogens is 436 g/mol. The predicted molar refractivity (Wildman–Crippen MR) is 127 cm³/mol. The molecule has 0 saturated carbocycles. The number of Topliss-reactive ketones (excluding diaryl/α,β-unsaturated/α-hetero) is 1. The molecule has 0 radical (unpaired) electrons. The van der Waals surface area contributed by atoms with Crippen LogP contribution >= 0.6 is 0 Å². The second-order valence-electron chi connectivity index (χ2n) is 8.42. The van der Waals surface area contributed by atoms with Crippen molar-refractivity contribution < 1.29 is 28.6 Å². The van der Waals surface area contributed by atoms with Gasteiger partial charge >= 0.3 is 0 Å². The summed E-state index contributed by atoms with van der Waals surface area (Å²) in [6, 6.07) is 13.3. The molecule has 2 heterocycles. The maximum Gasteiger partial charge on any atom is 0.290 e. The average molecular weight is 465 g/mol. The summed E-state index contributed by atoms with van der Waals surface area (Å²) < 4.78 is 16.5. The lowest BCUT2D eigenvalue weighted by Gasteiger charge is -2.27. The molecule has 0 unspecified atom stereocenters. The molecule has 8 nitrogen and oxygen atoms in total. The maximum absolute atomic E-state index is 13.7. The molecule has 4 rings (SSSR count). The first-order valence-electron chi connectivity index (χ1n) is 11.0. The minimum atomic E-state index is -0.771. The van der Waals surface area contributed by atoms with Gasteiger partial charge in [-0.25, -0.2) is 0 Å². The highest BCUT2D eigenvalue weighted by Gasteiger charge is 2.44. The van der Waals surface area contributed by atoms with Gasteiger partial charge in [0.25, 0.3) is 5.91 Å². The Morgan fingerprint density at radius 3 is 2.59 bits per heavy atom. The molecule has 8 heteroatoms. The number of aliphatic hydroxyl groups excluding tert-OH is 1. The minimum absolute atomic E-state index is 0.0128. The van der Waals surface area contributed by atoms with E-state index in [4.69, 9.17) is 13.9 Å². The van der Waals surface area contributed by atoms with E-state index in [0.717, 1.165) is 6.54 Å². The number of methoxy groups -OCH3 is 2. The van der Waals surface area contributed by atoms with Crippen molar-refractivity contribution in [2.45, 2.75) is 12.5 Å². The lowest BCUT2D eigenvalue weighted by Crippen LogP contribution is -2.33. The molecule has 0 saturated heterocycles. The van der Waals surface area contributed by atoms with E-state index in [9.17, 15) is 14.7 Å². The zero-order valence-corrected chi connectivity index (χ0v) is 19.7. The molecule has 1 atom stereocenters. The van der Waals surface area contributed by atoms with E-state index >= 15 is 0 Å². The van der Waals surface area contributed by atoms with Crippen molar-refractivity contribution >= 4 is 22.7 Å². The molecule has 1 amide bonds. The summed E-state index contributed by atoms with van der Waals surface area (Å²) in [5, 5.41) is 11.5. The Morgan fingerprint density at radius 2 is 1.88 bits per heavy atom. The molecular formula is C26H28N2O6. The van der Waals surface area contributed by atoms with Crippen LogP contribution in [0, 0.1) is 0 Å². The quantitative estimate of drug-likeness (QED) is 0.479. The number of ketones is 1. The van der Waals surface area contributed by atoms with Gasteiger partial charge in [-0.15, -0.1) is 0 Å². The summed E-state index contributed by atoms with van der Waals surface area (Å²) in [5.41, 5.74) is 1.08. The van der Waals surface area contributed by atoms with Gasteiger partial charge in [0.1, 0.15) is 5.75 Å². The number of para-hydroxylation sites is 1. The van der Waals surface area contributed by atoms with Crippen LogP contribution in [0.4, 0.5) is 0 Å². The van der Waals surface area contributed by atoms with E-state index in [1.165, 1.54) is 12.0 Å². The number of hydrogen-bond acceptors (Lipinski definition) is 7. The lowest BCUT2D eigenvalue weighted by atomic mass is 9.94. The van der Waals surface area contributed by atoms with Crippen molar-refractivity contribution in [2.75, 3.05) is 41.4 Å². The summed E-state index contributed by atoms with van der Waals surface area (Å²) in [6.45, 7) is 1.12. The lowest BCUT2D eigenvalue weighted by molar-refractivity contribution is -0.129. The number of aliphatic hydroxyl groups is 1. The topological polar surface area (TPSA) is 92.4 Å². The Hall–Kier alpha value is -3.78. The largest absolute Gasteiger partial charge is 0.503 e. The van der Waals surface area contributed by atoms with Gasteiger partial charge in [0.15, 0.2) is 22.9 Å². The van der Waals surface area contributed by atoms with Crippen LogP contribution in [-0.4, -0.2) is 68.0 Å². The average Bonchev–Trinajstić information content (AvgIpc) is 3.38. The van der Waals surface area contributed by atoms with Crippen LogP contribution in [0.1, 0.15) is 28.6 Å². The SMILES string of the molecule is COc1cccc([C@@H]2C(C(=O)c3cc4cccc(OC)c4o3)=C(O)C(=O)N2CCCN(C)C)c1. The third kappa shape index (κ3) is 4.24. The standard InChI is InChI=1S/C26H28N2O6/c1-27(2)12-7-13-28-22(16-8-5-10-18(14-16)32-3)21(24(30)26(28)31)23(29)20-15-17-9-6-11-19(33-4)25(17)34-20/h5-6,8-11,14-15,22,30H,7,12-13H2,1-4H3/t22-/m1/s1. The summed E-state index contributed by atoms with van der Waals surface area (Å²) in [7, 11) is 6.97. The van der Waals surface area contributed by atoms with E-state index in [2.05, 4.69) is 0 Å². The van der Waals surface area contributed by atoms with Crippen molar-refractivity contribution in [1.29, 1.82) is 0 Å². The van der Waals surface area contributed by atoms with Crippen LogP contribution in [0.25, 0.3) is 11.0 Å². The Kier molecular flexibility index (Phi) is 6.61. The van der Waals surface area contributed by atoms with Gasteiger partial charge in [0.05, 0.1) is 25.8 Å². The van der Waals surface area contributed by atoms with Gasteiger partial charge in [-0.1, -0.05) is 24.3 Å². The molecule has 1 aliphatic rings. The first-order valence-corrected chi connectivity index (χ1v) is 11.0. The van der Waals surface area contributed by atoms with E-state index in [-0.39, 0.29) is 11.3 Å². The monoisotopic (exact) mass is 464 g/mol. The van der Waals surface area contributed by atoms with Crippen molar-refractivity contribution in [3.8, 4) is 11.5 Å². The van der Waals surface area contributed by atoms with Gasteiger partial charge in [-0.3, -0.25) is 9.59 Å². The van der Waals surface area contributed by atoms with Gasteiger partial charge in [0, 0.05) is 11.9 Å². The molecule has 1 aromatic heterocycles. The molecule has 34 heavy (non-hydrogen) atoms. The van der Waals surface area contributed by atoms with Crippen LogP contribution in [0.2, 0.25) is 0 Å². The third-order valence-corrected chi connectivity index (χ3v) is 5.91. The Bertz CT molecular complexity index is 1260. The number of rotatable bonds is 9. The van der Waals surface area contributed by atoms with E-state index in [1.807, 2.05) is 25.1 Å². The fraction of sp³-hybridized carbons (Fsp3) is 0.308. The number of carbonyl (C=O) groups excluding carboxylic acids is 2. The molecule has 1 aliphatic heterocycles. The first kappa shape index (κ1) is 23.4. The molecule has 0 aliphatic carbocycles. The van der Waals surface area contributed by atoms with Gasteiger partial charge < -0.3 is 28.8 Å². The smallest absolute Gasteiger partial charge is 0.290 e. The Labute approximate surface area is 198 Å². The first-order chi connectivity index (χ1) is 16.3. The highest BCUT2D eigenvalue weighted by atomic mass is 16.5. The van der Waals surface area contributed by atoms with Gasteiger partial charge in [-0.2, -0.15) is 0 Å². The number of benzene rings is 2. The third-order valence-electron chi connectivity index (χ3n) is 5.91. The molecule has 0 spiro atoms. The number of hydrogen-bond donors (Lipinski definition) is 1. The van der Waals surface area contributed by atoms with Crippen molar-refractivity contribution in [3.05, 3.63) is 71.2 Å². The van der Waals surface area contributed by atoms with Crippen molar-refractivity contribution in [2.24, 2.45) is 0 Å².